The van der Waals surface area contributed by atoms with E-state index < -0.39 is 0 Å². The molecule has 0 saturated carbocycles. The third kappa shape index (κ3) is 2.40. The van der Waals surface area contributed by atoms with Gasteiger partial charge in [-0.1, -0.05) is 18.2 Å². The van der Waals surface area contributed by atoms with Crippen LogP contribution in [-0.2, 0) is 0 Å². The molecule has 0 bridgehead atoms. The topological polar surface area (TPSA) is 55.1 Å². The van der Waals surface area contributed by atoms with Crippen molar-refractivity contribution in [1.29, 1.82) is 0 Å². The fraction of sp³-hybridized carbons (Fsp3) is 0.125. The molecule has 2 aromatic heterocycles. The fourth-order valence-corrected chi connectivity index (χ4v) is 2.06. The maximum absolute atomic E-state index is 12.1. The Morgan fingerprint density at radius 1 is 1.25 bits per heavy atom. The molecule has 4 heteroatoms. The first-order valence-corrected chi connectivity index (χ1v) is 6.43. The molecule has 0 saturated heterocycles. The molecule has 20 heavy (non-hydrogen) atoms. The molecule has 0 fully saturated rings. The molecule has 100 valence electrons. The Hall–Kier alpha value is -2.62. The molecule has 0 aliphatic carbocycles. The van der Waals surface area contributed by atoms with Gasteiger partial charge in [0.15, 0.2) is 0 Å². The van der Waals surface area contributed by atoms with Gasteiger partial charge in [-0.05, 0) is 31.2 Å². The number of hydrogen-bond acceptors (Lipinski definition) is 3. The first-order valence-electron chi connectivity index (χ1n) is 6.43. The lowest BCUT2D eigenvalue weighted by Gasteiger charge is -2.10. The van der Waals surface area contributed by atoms with Crippen molar-refractivity contribution >= 4 is 16.9 Å². The van der Waals surface area contributed by atoms with Gasteiger partial charge >= 0.3 is 0 Å². The zero-order valence-electron chi connectivity index (χ0n) is 11.0. The van der Waals surface area contributed by atoms with Crippen molar-refractivity contribution in [2.75, 3.05) is 0 Å². The maximum Gasteiger partial charge on any atom is 0.253 e. The van der Waals surface area contributed by atoms with Crippen LogP contribution in [0.2, 0.25) is 0 Å². The zero-order chi connectivity index (χ0) is 13.9. The van der Waals surface area contributed by atoms with Gasteiger partial charge in [-0.25, -0.2) is 0 Å². The van der Waals surface area contributed by atoms with Crippen molar-refractivity contribution in [2.45, 2.75) is 13.0 Å². The van der Waals surface area contributed by atoms with Gasteiger partial charge < -0.3 is 9.73 Å². The molecule has 1 atom stereocenters. The SMILES string of the molecule is CC(NC(=O)c1cccnc1)c1cc2ccccc2o1. The number of amides is 1. The quantitative estimate of drug-likeness (QED) is 0.791. The molecule has 0 aliphatic heterocycles. The molecule has 1 unspecified atom stereocenters. The van der Waals surface area contributed by atoms with Crippen molar-refractivity contribution in [3.63, 3.8) is 0 Å². The number of hydrogen-bond donors (Lipinski definition) is 1. The van der Waals surface area contributed by atoms with Crippen LogP contribution in [-0.4, -0.2) is 10.9 Å². The number of nitrogens with one attached hydrogen (secondary N) is 1. The summed E-state index contributed by atoms with van der Waals surface area (Å²) < 4.78 is 5.74. The number of carbonyl (C=O) groups is 1. The van der Waals surface area contributed by atoms with Gasteiger partial charge in [0, 0.05) is 17.8 Å². The molecule has 4 nitrogen and oxygen atoms in total. The Kier molecular flexibility index (Phi) is 3.21. The third-order valence-corrected chi connectivity index (χ3v) is 3.14. The molecule has 1 aromatic carbocycles. The van der Waals surface area contributed by atoms with Crippen molar-refractivity contribution < 1.29 is 9.21 Å². The van der Waals surface area contributed by atoms with Crippen molar-refractivity contribution in [3.8, 4) is 0 Å². The molecular weight excluding hydrogens is 252 g/mol. The summed E-state index contributed by atoms with van der Waals surface area (Å²) in [5.74, 6) is 0.578. The summed E-state index contributed by atoms with van der Waals surface area (Å²) >= 11 is 0. The van der Waals surface area contributed by atoms with Crippen LogP contribution >= 0.6 is 0 Å². The van der Waals surface area contributed by atoms with E-state index in [1.54, 1.807) is 24.5 Å². The number of pyridine rings is 1. The summed E-state index contributed by atoms with van der Waals surface area (Å²) in [7, 11) is 0. The lowest BCUT2D eigenvalue weighted by Crippen LogP contribution is -2.26. The van der Waals surface area contributed by atoms with E-state index in [-0.39, 0.29) is 11.9 Å². The average molecular weight is 266 g/mol. The van der Waals surface area contributed by atoms with Crippen molar-refractivity contribution in [1.82, 2.24) is 10.3 Å². The average Bonchev–Trinajstić information content (AvgIpc) is 2.92. The summed E-state index contributed by atoms with van der Waals surface area (Å²) in [6, 6.07) is 13.0. The van der Waals surface area contributed by atoms with Crippen LogP contribution in [0.1, 0.15) is 29.1 Å². The van der Waals surface area contributed by atoms with E-state index in [1.165, 1.54) is 0 Å². The molecule has 2 heterocycles. The van der Waals surface area contributed by atoms with E-state index in [2.05, 4.69) is 10.3 Å². The monoisotopic (exact) mass is 266 g/mol. The summed E-state index contributed by atoms with van der Waals surface area (Å²) in [6.07, 6.45) is 3.18. The van der Waals surface area contributed by atoms with Gasteiger partial charge in [0.1, 0.15) is 11.3 Å². The molecule has 3 rings (SSSR count). The van der Waals surface area contributed by atoms with E-state index >= 15 is 0 Å². The molecule has 1 amide bonds. The number of rotatable bonds is 3. The molecular formula is C16H14N2O2. The Bertz CT molecular complexity index is 701. The zero-order valence-corrected chi connectivity index (χ0v) is 11.0. The van der Waals surface area contributed by atoms with Gasteiger partial charge in [0.25, 0.3) is 5.91 Å². The number of carbonyl (C=O) groups excluding carboxylic acids is 1. The highest BCUT2D eigenvalue weighted by molar-refractivity contribution is 5.94. The summed E-state index contributed by atoms with van der Waals surface area (Å²) in [5.41, 5.74) is 1.36. The largest absolute Gasteiger partial charge is 0.459 e. The summed E-state index contributed by atoms with van der Waals surface area (Å²) in [5, 5.41) is 3.93. The summed E-state index contributed by atoms with van der Waals surface area (Å²) in [4.78, 5) is 16.0. The van der Waals surface area contributed by atoms with E-state index in [0.29, 0.717) is 5.56 Å². The number of fused-ring (bicyclic) bond motifs is 1. The van der Waals surface area contributed by atoms with Crippen LogP contribution < -0.4 is 5.32 Å². The van der Waals surface area contributed by atoms with E-state index in [0.717, 1.165) is 16.7 Å². The van der Waals surface area contributed by atoms with Gasteiger partial charge in [0.05, 0.1) is 11.6 Å². The fourth-order valence-electron chi connectivity index (χ4n) is 2.06. The minimum Gasteiger partial charge on any atom is -0.459 e. The van der Waals surface area contributed by atoms with E-state index in [9.17, 15) is 4.79 Å². The standard InChI is InChI=1S/C16H14N2O2/c1-11(18-16(19)13-6-4-8-17-10-13)15-9-12-5-2-3-7-14(12)20-15/h2-11H,1H3,(H,18,19). The molecule has 3 aromatic rings. The number of aromatic nitrogens is 1. The number of benzene rings is 1. The van der Waals surface area contributed by atoms with Crippen LogP contribution in [0.5, 0.6) is 0 Å². The number of furan rings is 1. The first kappa shape index (κ1) is 12.4. The van der Waals surface area contributed by atoms with E-state index in [1.807, 2.05) is 37.3 Å². The highest BCUT2D eigenvalue weighted by Gasteiger charge is 2.15. The highest BCUT2D eigenvalue weighted by atomic mass is 16.3. The highest BCUT2D eigenvalue weighted by Crippen LogP contribution is 2.23. The van der Waals surface area contributed by atoms with Gasteiger partial charge in [-0.2, -0.15) is 0 Å². The van der Waals surface area contributed by atoms with Gasteiger partial charge in [-0.3, -0.25) is 9.78 Å². The smallest absolute Gasteiger partial charge is 0.253 e. The second-order valence-corrected chi connectivity index (χ2v) is 4.62. The number of nitrogens with zero attached hydrogens (tertiary/aromatic N) is 1. The lowest BCUT2D eigenvalue weighted by atomic mass is 10.2. The van der Waals surface area contributed by atoms with Crippen LogP contribution in [0.15, 0.2) is 59.3 Å². The molecule has 0 aliphatic rings. The van der Waals surface area contributed by atoms with Crippen molar-refractivity contribution in [2.24, 2.45) is 0 Å². The molecule has 0 radical (unpaired) electrons. The van der Waals surface area contributed by atoms with Crippen LogP contribution in [0.3, 0.4) is 0 Å². The maximum atomic E-state index is 12.1. The van der Waals surface area contributed by atoms with Crippen LogP contribution in [0, 0.1) is 0 Å². The van der Waals surface area contributed by atoms with Gasteiger partial charge in [0.2, 0.25) is 0 Å². The Morgan fingerprint density at radius 3 is 2.85 bits per heavy atom. The summed E-state index contributed by atoms with van der Waals surface area (Å²) in [6.45, 7) is 1.89. The third-order valence-electron chi connectivity index (χ3n) is 3.14. The van der Waals surface area contributed by atoms with Crippen LogP contribution in [0.4, 0.5) is 0 Å². The van der Waals surface area contributed by atoms with Crippen molar-refractivity contribution in [3.05, 3.63) is 66.2 Å². The second-order valence-electron chi connectivity index (χ2n) is 4.62. The van der Waals surface area contributed by atoms with E-state index in [4.69, 9.17) is 4.42 Å². The molecule has 1 N–H and O–H groups in total. The second kappa shape index (κ2) is 5.17. The predicted octanol–water partition coefficient (Wildman–Crippen LogP) is 3.32. The minimum atomic E-state index is -0.199. The molecule has 0 spiro atoms. The Labute approximate surface area is 116 Å². The minimum absolute atomic E-state index is 0.161. The normalized spacial score (nSPS) is 12.2. The first-order chi connectivity index (χ1) is 9.74. The van der Waals surface area contributed by atoms with Gasteiger partial charge in [-0.15, -0.1) is 0 Å². The predicted molar refractivity (Wildman–Crippen MR) is 76.3 cm³/mol. The number of para-hydroxylation sites is 1. The van der Waals surface area contributed by atoms with Crippen LogP contribution in [0.25, 0.3) is 11.0 Å². The Balaban J connectivity index is 1.79. The Morgan fingerprint density at radius 2 is 2.10 bits per heavy atom. The lowest BCUT2D eigenvalue weighted by molar-refractivity contribution is 0.0935.